The number of hydrogen-bond acceptors (Lipinski definition) is 8. The minimum Gasteiger partial charge on any atom is -0.497 e. The maximum atomic E-state index is 12.0. The van der Waals surface area contributed by atoms with Crippen molar-refractivity contribution in [2.45, 2.75) is 27.0 Å². The molecule has 1 amide bonds. The second kappa shape index (κ2) is 12.3. The van der Waals surface area contributed by atoms with E-state index in [1.165, 1.54) is 13.2 Å². The molecule has 0 saturated carbocycles. The molecule has 0 unspecified atom stereocenters. The SMILES string of the molecule is COc1ccc(CNC(=O)COC(=O)/C=C/c2ccc(OCc3c(C)noc3C)c(OC)c2)cc1. The summed E-state index contributed by atoms with van der Waals surface area (Å²) >= 11 is 0. The highest BCUT2D eigenvalue weighted by molar-refractivity contribution is 5.89. The lowest BCUT2D eigenvalue weighted by molar-refractivity contribution is -0.143. The maximum Gasteiger partial charge on any atom is 0.331 e. The van der Waals surface area contributed by atoms with Gasteiger partial charge in [-0.15, -0.1) is 0 Å². The molecular weight excluding hydrogens is 452 g/mol. The van der Waals surface area contributed by atoms with Gasteiger partial charge in [0.15, 0.2) is 18.1 Å². The van der Waals surface area contributed by atoms with Gasteiger partial charge in [0, 0.05) is 12.6 Å². The van der Waals surface area contributed by atoms with Gasteiger partial charge in [-0.2, -0.15) is 0 Å². The standard InChI is InChI=1S/C26H28N2O7/c1-17-22(18(2)35-28-17)15-33-23-11-7-19(13-24(23)32-4)8-12-26(30)34-16-25(29)27-14-20-5-9-21(31-3)10-6-20/h5-13H,14-16H2,1-4H3,(H,27,29)/b12-8+. The van der Waals surface area contributed by atoms with Crippen molar-refractivity contribution >= 4 is 18.0 Å². The predicted octanol–water partition coefficient (Wildman–Crippen LogP) is 3.76. The van der Waals surface area contributed by atoms with Gasteiger partial charge in [-0.25, -0.2) is 4.79 Å². The van der Waals surface area contributed by atoms with Gasteiger partial charge >= 0.3 is 5.97 Å². The van der Waals surface area contributed by atoms with Crippen LogP contribution in [0.3, 0.4) is 0 Å². The zero-order valence-corrected chi connectivity index (χ0v) is 20.1. The number of aryl methyl sites for hydroxylation is 2. The number of carbonyl (C=O) groups excluding carboxylic acids is 2. The second-order valence-corrected chi connectivity index (χ2v) is 7.57. The number of aromatic nitrogens is 1. The Labute approximate surface area is 203 Å². The number of amides is 1. The number of carbonyl (C=O) groups is 2. The molecule has 2 aromatic carbocycles. The Hall–Kier alpha value is -4.27. The van der Waals surface area contributed by atoms with Crippen LogP contribution in [-0.4, -0.2) is 37.9 Å². The first-order valence-electron chi connectivity index (χ1n) is 10.9. The molecule has 0 aliphatic carbocycles. The Balaban J connectivity index is 1.47. The predicted molar refractivity (Wildman–Crippen MR) is 128 cm³/mol. The average Bonchev–Trinajstić information content (AvgIpc) is 3.20. The van der Waals surface area contributed by atoms with Crippen molar-refractivity contribution in [1.82, 2.24) is 10.5 Å². The summed E-state index contributed by atoms with van der Waals surface area (Å²) in [6, 6.07) is 12.5. The van der Waals surface area contributed by atoms with Crippen LogP contribution in [0.5, 0.6) is 17.2 Å². The van der Waals surface area contributed by atoms with Crippen molar-refractivity contribution in [3.63, 3.8) is 0 Å². The Morgan fingerprint density at radius 2 is 1.80 bits per heavy atom. The average molecular weight is 481 g/mol. The van der Waals surface area contributed by atoms with Crippen LogP contribution < -0.4 is 19.5 Å². The van der Waals surface area contributed by atoms with Crippen molar-refractivity contribution < 1.29 is 33.1 Å². The van der Waals surface area contributed by atoms with Crippen LogP contribution in [0.2, 0.25) is 0 Å². The summed E-state index contributed by atoms with van der Waals surface area (Å²) in [5, 5.41) is 6.61. The van der Waals surface area contributed by atoms with Crippen LogP contribution in [0.1, 0.15) is 28.1 Å². The molecule has 9 heteroatoms. The minimum absolute atomic E-state index is 0.291. The van der Waals surface area contributed by atoms with Gasteiger partial charge in [0.05, 0.1) is 25.5 Å². The molecular formula is C26H28N2O7. The molecule has 0 spiro atoms. The van der Waals surface area contributed by atoms with Gasteiger partial charge in [0.2, 0.25) is 0 Å². The van der Waals surface area contributed by atoms with Gasteiger partial charge in [-0.3, -0.25) is 4.79 Å². The Morgan fingerprint density at radius 1 is 1.03 bits per heavy atom. The summed E-state index contributed by atoms with van der Waals surface area (Å²) in [6.45, 7) is 3.91. The van der Waals surface area contributed by atoms with Crippen molar-refractivity contribution in [3.8, 4) is 17.2 Å². The van der Waals surface area contributed by atoms with E-state index in [0.29, 0.717) is 36.0 Å². The van der Waals surface area contributed by atoms with E-state index in [1.807, 2.05) is 26.0 Å². The minimum atomic E-state index is -0.637. The largest absolute Gasteiger partial charge is 0.497 e. The van der Waals surface area contributed by atoms with Crippen molar-refractivity contribution in [2.24, 2.45) is 0 Å². The molecule has 3 aromatic rings. The first-order chi connectivity index (χ1) is 16.9. The van der Waals surface area contributed by atoms with Gasteiger partial charge in [-0.1, -0.05) is 23.4 Å². The van der Waals surface area contributed by atoms with Crippen molar-refractivity contribution in [3.05, 3.63) is 76.7 Å². The molecule has 0 fully saturated rings. The molecule has 1 N–H and O–H groups in total. The zero-order valence-electron chi connectivity index (χ0n) is 20.1. The lowest BCUT2D eigenvalue weighted by atomic mass is 10.2. The number of rotatable bonds is 11. The molecule has 184 valence electrons. The van der Waals surface area contributed by atoms with Gasteiger partial charge < -0.3 is 28.8 Å². The van der Waals surface area contributed by atoms with Gasteiger partial charge in [-0.05, 0) is 55.3 Å². The van der Waals surface area contributed by atoms with E-state index in [9.17, 15) is 9.59 Å². The number of nitrogens with zero attached hydrogens (tertiary/aromatic N) is 1. The number of hydrogen-bond donors (Lipinski definition) is 1. The van der Waals surface area contributed by atoms with Crippen LogP contribution in [0.4, 0.5) is 0 Å². The van der Waals surface area contributed by atoms with E-state index < -0.39 is 11.9 Å². The number of nitrogens with one attached hydrogen (secondary N) is 1. The van der Waals surface area contributed by atoms with E-state index in [0.717, 1.165) is 22.6 Å². The first-order valence-corrected chi connectivity index (χ1v) is 10.9. The second-order valence-electron chi connectivity index (χ2n) is 7.57. The van der Waals surface area contributed by atoms with Crippen molar-refractivity contribution in [2.75, 3.05) is 20.8 Å². The quantitative estimate of drug-likeness (QED) is 0.326. The Kier molecular flexibility index (Phi) is 8.89. The number of benzene rings is 2. The highest BCUT2D eigenvalue weighted by atomic mass is 16.5. The lowest BCUT2D eigenvalue weighted by Crippen LogP contribution is -2.28. The fourth-order valence-corrected chi connectivity index (χ4v) is 3.11. The number of ether oxygens (including phenoxy) is 4. The number of esters is 1. The highest BCUT2D eigenvalue weighted by Gasteiger charge is 2.12. The molecule has 0 saturated heterocycles. The third-order valence-corrected chi connectivity index (χ3v) is 5.15. The van der Waals surface area contributed by atoms with E-state index in [-0.39, 0.29) is 6.61 Å². The summed E-state index contributed by atoms with van der Waals surface area (Å²) in [5.41, 5.74) is 3.26. The van der Waals surface area contributed by atoms with Crippen LogP contribution >= 0.6 is 0 Å². The molecule has 0 aliphatic heterocycles. The summed E-state index contributed by atoms with van der Waals surface area (Å²) in [7, 11) is 3.12. The van der Waals surface area contributed by atoms with Crippen LogP contribution in [-0.2, 0) is 27.5 Å². The first kappa shape index (κ1) is 25.4. The summed E-state index contributed by atoms with van der Waals surface area (Å²) < 4.78 is 26.5. The summed E-state index contributed by atoms with van der Waals surface area (Å²) in [4.78, 5) is 24.0. The lowest BCUT2D eigenvalue weighted by Gasteiger charge is -2.11. The van der Waals surface area contributed by atoms with E-state index in [2.05, 4.69) is 10.5 Å². The van der Waals surface area contributed by atoms with E-state index in [4.69, 9.17) is 23.5 Å². The fourth-order valence-electron chi connectivity index (χ4n) is 3.11. The molecule has 1 aromatic heterocycles. The maximum absolute atomic E-state index is 12.0. The van der Waals surface area contributed by atoms with Gasteiger partial charge in [0.25, 0.3) is 5.91 Å². The normalized spacial score (nSPS) is 10.7. The molecule has 0 radical (unpaired) electrons. The molecule has 0 atom stereocenters. The molecule has 1 heterocycles. The zero-order chi connectivity index (χ0) is 25.2. The monoisotopic (exact) mass is 480 g/mol. The third-order valence-electron chi connectivity index (χ3n) is 5.15. The van der Waals surface area contributed by atoms with Gasteiger partial charge in [0.1, 0.15) is 18.1 Å². The fraction of sp³-hybridized carbons (Fsp3) is 0.269. The smallest absolute Gasteiger partial charge is 0.331 e. The molecule has 0 aliphatic rings. The molecule has 0 bridgehead atoms. The molecule has 9 nitrogen and oxygen atoms in total. The van der Waals surface area contributed by atoms with Crippen LogP contribution in [0.25, 0.3) is 6.08 Å². The Morgan fingerprint density at radius 3 is 2.46 bits per heavy atom. The van der Waals surface area contributed by atoms with Crippen LogP contribution in [0, 0.1) is 13.8 Å². The number of methoxy groups -OCH3 is 2. The molecule has 35 heavy (non-hydrogen) atoms. The summed E-state index contributed by atoms with van der Waals surface area (Å²) in [6.07, 6.45) is 2.81. The summed E-state index contributed by atoms with van der Waals surface area (Å²) in [5.74, 6) is 1.45. The Bertz CT molecular complexity index is 1160. The van der Waals surface area contributed by atoms with E-state index >= 15 is 0 Å². The highest BCUT2D eigenvalue weighted by Crippen LogP contribution is 2.30. The van der Waals surface area contributed by atoms with Crippen LogP contribution in [0.15, 0.2) is 53.1 Å². The topological polar surface area (TPSA) is 109 Å². The van der Waals surface area contributed by atoms with Crippen molar-refractivity contribution in [1.29, 1.82) is 0 Å². The third kappa shape index (κ3) is 7.36. The molecule has 3 rings (SSSR count). The van der Waals surface area contributed by atoms with E-state index in [1.54, 1.807) is 43.5 Å².